The van der Waals surface area contributed by atoms with Crippen LogP contribution in [0.15, 0.2) is 35.2 Å². The molecule has 2 aromatic carbocycles. The minimum absolute atomic E-state index is 0.0329. The van der Waals surface area contributed by atoms with Gasteiger partial charge in [-0.2, -0.15) is 39.5 Å². The summed E-state index contributed by atoms with van der Waals surface area (Å²) in [7, 11) is 0. The number of hydrogen-bond acceptors (Lipinski definition) is 5. The fraction of sp³-hybridized carbons (Fsp3) is 0.417. The van der Waals surface area contributed by atoms with Crippen LogP contribution < -0.4 is 5.32 Å². The molecule has 0 aliphatic carbocycles. The number of nitrogens with one attached hydrogen (secondary N) is 1. The molecule has 0 unspecified atom stereocenters. The van der Waals surface area contributed by atoms with Crippen molar-refractivity contribution in [3.63, 3.8) is 0 Å². The maximum absolute atomic E-state index is 13.8. The summed E-state index contributed by atoms with van der Waals surface area (Å²) in [6, 6.07) is 9.30. The Morgan fingerprint density at radius 3 is 2.05 bits per heavy atom. The number of hydrogen-bond donors (Lipinski definition) is 1. The van der Waals surface area contributed by atoms with Crippen LogP contribution in [-0.2, 0) is 22.3 Å². The molecule has 2 heterocycles. The van der Waals surface area contributed by atoms with Crippen molar-refractivity contribution >= 4 is 23.3 Å². The van der Waals surface area contributed by atoms with Crippen molar-refractivity contribution in [3.8, 4) is 11.1 Å². The second-order valence-electron chi connectivity index (χ2n) is 8.61. The fourth-order valence-electron chi connectivity index (χ4n) is 4.37. The van der Waals surface area contributed by atoms with E-state index >= 15 is 0 Å². The summed E-state index contributed by atoms with van der Waals surface area (Å²) in [4.78, 5) is 22.5. The molecule has 38 heavy (non-hydrogen) atoms. The molecule has 4 nitrogen and oxygen atoms in total. The van der Waals surface area contributed by atoms with Crippen LogP contribution in [0, 0.1) is 6.92 Å². The topological polar surface area (TPSA) is 49.4 Å². The van der Waals surface area contributed by atoms with E-state index in [4.69, 9.17) is 0 Å². The number of alkyl halides is 9. The van der Waals surface area contributed by atoms with Crippen molar-refractivity contribution < 1.29 is 49.1 Å². The second-order valence-corrected chi connectivity index (χ2v) is 9.49. The van der Waals surface area contributed by atoms with Gasteiger partial charge in [-0.3, -0.25) is 14.5 Å². The minimum Gasteiger partial charge on any atom is -0.314 e. The van der Waals surface area contributed by atoms with Crippen molar-refractivity contribution in [2.75, 3.05) is 25.9 Å². The van der Waals surface area contributed by atoms with Gasteiger partial charge in [-0.15, -0.1) is 11.8 Å². The first kappa shape index (κ1) is 30.0. The monoisotopic (exact) mass is 572 g/mol. The second kappa shape index (κ2) is 10.9. The van der Waals surface area contributed by atoms with Crippen LogP contribution in [0.1, 0.15) is 28.3 Å². The highest BCUT2D eigenvalue weighted by molar-refractivity contribution is 7.98. The Balaban J connectivity index is 0.000000284. The summed E-state index contributed by atoms with van der Waals surface area (Å²) < 4.78 is 108. The Labute approximate surface area is 215 Å². The van der Waals surface area contributed by atoms with E-state index in [0.29, 0.717) is 24.2 Å². The Hall–Kier alpha value is -2.58. The number of aryl methyl sites for hydroxylation is 1. The first-order chi connectivity index (χ1) is 17.4. The van der Waals surface area contributed by atoms with E-state index in [1.807, 2.05) is 37.4 Å². The smallest absolute Gasteiger partial charge is 0.314 e. The summed E-state index contributed by atoms with van der Waals surface area (Å²) >= 11 is 1.63. The summed E-state index contributed by atoms with van der Waals surface area (Å²) in [5.41, 5.74) is 3.34. The highest BCUT2D eigenvalue weighted by atomic mass is 32.2. The van der Waals surface area contributed by atoms with Crippen molar-refractivity contribution in [3.05, 3.63) is 52.6 Å². The van der Waals surface area contributed by atoms with Crippen LogP contribution in [0.25, 0.3) is 11.1 Å². The van der Waals surface area contributed by atoms with Crippen LogP contribution in [-0.4, -0.2) is 54.7 Å². The van der Waals surface area contributed by atoms with Crippen molar-refractivity contribution in [2.45, 2.75) is 42.9 Å². The first-order valence-electron chi connectivity index (χ1n) is 11.0. The van der Waals surface area contributed by atoms with Gasteiger partial charge in [0, 0.05) is 37.1 Å². The molecule has 1 fully saturated rings. The average Bonchev–Trinajstić information content (AvgIpc) is 3.19. The molecule has 1 N–H and O–H groups in total. The molecule has 1 atom stereocenters. The van der Waals surface area contributed by atoms with E-state index in [1.165, 1.54) is 6.07 Å². The Bertz CT molecular complexity index is 1200. The molecule has 2 aliphatic heterocycles. The third-order valence-corrected chi connectivity index (χ3v) is 6.86. The molecule has 208 valence electrons. The largest absolute Gasteiger partial charge is 0.458 e. The predicted octanol–water partition coefficient (Wildman–Crippen LogP) is 6.11. The number of nitrogens with zero attached hydrogens (tertiary/aromatic N) is 1. The van der Waals surface area contributed by atoms with Gasteiger partial charge in [0.1, 0.15) is 0 Å². The van der Waals surface area contributed by atoms with E-state index in [0.717, 1.165) is 34.7 Å². The number of halogens is 9. The molecule has 0 radical (unpaired) electrons. The van der Waals surface area contributed by atoms with Gasteiger partial charge in [0.25, 0.3) is 0 Å². The molecule has 0 amide bonds. The summed E-state index contributed by atoms with van der Waals surface area (Å²) in [5, 5.41) is 3.32. The standard InChI is InChI=1S/C20H21F3N2S.C4F6O2/c1-12-7-14(26-2)3-4-15(12)13-8-16-17(18(9-13)20(21,22)23)11-25-6-5-24-10-19(16)25;5-3(6,7)1(11)2(12)4(8,9)10/h3-4,7-9,19,24H,5-6,10-11H2,1-2H3;/t19-;/m0./s1. The minimum atomic E-state index is -5.77. The number of Topliss-reactive ketones (excluding diaryl/α,β-unsaturated/α-hetero) is 2. The lowest BCUT2D eigenvalue weighted by Crippen LogP contribution is -2.42. The van der Waals surface area contributed by atoms with Crippen LogP contribution >= 0.6 is 11.8 Å². The van der Waals surface area contributed by atoms with Crippen LogP contribution in [0.5, 0.6) is 0 Å². The third kappa shape index (κ3) is 6.52. The normalized spacial score (nSPS) is 17.8. The van der Waals surface area contributed by atoms with Crippen LogP contribution in [0.2, 0.25) is 0 Å². The van der Waals surface area contributed by atoms with Crippen molar-refractivity contribution in [1.29, 1.82) is 0 Å². The zero-order chi connectivity index (χ0) is 28.6. The van der Waals surface area contributed by atoms with E-state index in [2.05, 4.69) is 10.2 Å². The third-order valence-electron chi connectivity index (χ3n) is 6.13. The van der Waals surface area contributed by atoms with Crippen molar-refractivity contribution in [1.82, 2.24) is 10.2 Å². The number of carbonyl (C=O) groups excluding carboxylic acids is 2. The summed E-state index contributed by atoms with van der Waals surface area (Å²) in [6.45, 7) is 4.67. The Morgan fingerprint density at radius 1 is 0.947 bits per heavy atom. The summed E-state index contributed by atoms with van der Waals surface area (Å²) in [5.74, 6) is -6.81. The highest BCUT2D eigenvalue weighted by Gasteiger charge is 2.54. The average molecular weight is 572 g/mol. The van der Waals surface area contributed by atoms with Gasteiger partial charge in [0.05, 0.1) is 5.56 Å². The maximum Gasteiger partial charge on any atom is 0.458 e. The highest BCUT2D eigenvalue weighted by Crippen LogP contribution is 2.45. The molecule has 0 spiro atoms. The van der Waals surface area contributed by atoms with Gasteiger partial charge in [-0.05, 0) is 65.3 Å². The molecule has 0 bridgehead atoms. The zero-order valence-electron chi connectivity index (χ0n) is 19.9. The summed E-state index contributed by atoms with van der Waals surface area (Å²) in [6.07, 6.45) is -13.9. The van der Waals surface area contributed by atoms with Crippen LogP contribution in [0.4, 0.5) is 39.5 Å². The van der Waals surface area contributed by atoms with E-state index < -0.39 is 35.7 Å². The Kier molecular flexibility index (Phi) is 8.59. The Morgan fingerprint density at radius 2 is 1.55 bits per heavy atom. The molecular weight excluding hydrogens is 551 g/mol. The number of piperazine rings is 1. The molecule has 14 heteroatoms. The molecular formula is C24H21F9N2O2S. The number of carbonyl (C=O) groups is 2. The molecule has 2 aliphatic rings. The molecule has 4 rings (SSSR count). The predicted molar refractivity (Wildman–Crippen MR) is 122 cm³/mol. The van der Waals surface area contributed by atoms with Gasteiger partial charge < -0.3 is 5.32 Å². The SMILES string of the molecule is CSc1ccc(-c2cc3c(c(C(F)(F)F)c2)CN2CCNC[C@@H]32)c(C)c1.O=C(C(=O)C(F)(F)F)C(F)(F)F. The van der Waals surface area contributed by atoms with Crippen LogP contribution in [0.3, 0.4) is 0 Å². The maximum atomic E-state index is 13.8. The number of fused-ring (bicyclic) bond motifs is 3. The van der Waals surface area contributed by atoms with E-state index in [9.17, 15) is 49.1 Å². The lowest BCUT2D eigenvalue weighted by molar-refractivity contribution is -0.193. The van der Waals surface area contributed by atoms with E-state index in [-0.39, 0.29) is 6.04 Å². The molecule has 1 saturated heterocycles. The number of benzene rings is 2. The molecule has 0 saturated carbocycles. The number of rotatable bonds is 3. The van der Waals surface area contributed by atoms with Gasteiger partial charge in [0.2, 0.25) is 0 Å². The van der Waals surface area contributed by atoms with E-state index in [1.54, 1.807) is 11.8 Å². The number of thioether (sulfide) groups is 1. The van der Waals surface area contributed by atoms with Crippen molar-refractivity contribution in [2.24, 2.45) is 0 Å². The van der Waals surface area contributed by atoms with Gasteiger partial charge >= 0.3 is 30.1 Å². The quantitative estimate of drug-likeness (QED) is 0.273. The first-order valence-corrected chi connectivity index (χ1v) is 12.2. The lowest BCUT2D eigenvalue weighted by atomic mass is 9.91. The fourth-order valence-corrected chi connectivity index (χ4v) is 4.87. The van der Waals surface area contributed by atoms with Gasteiger partial charge in [-0.25, -0.2) is 0 Å². The van der Waals surface area contributed by atoms with Gasteiger partial charge in [0.15, 0.2) is 0 Å². The zero-order valence-corrected chi connectivity index (χ0v) is 20.7. The van der Waals surface area contributed by atoms with Gasteiger partial charge in [-0.1, -0.05) is 6.07 Å². The molecule has 2 aromatic rings. The number of ketones is 2. The lowest BCUT2D eigenvalue weighted by Gasteiger charge is -2.30. The molecule has 0 aromatic heterocycles.